The number of halogens is 2. The SMILES string of the molecule is O=C1NC(=S)N(c2ccc(Oc3ccccc3)cc2)C(=O)C1=Cc1ccc(Cl)cc1Cl. The quantitative estimate of drug-likeness (QED) is 0.306. The van der Waals surface area contributed by atoms with E-state index in [9.17, 15) is 9.59 Å². The van der Waals surface area contributed by atoms with Crippen molar-refractivity contribution in [1.29, 1.82) is 0 Å². The van der Waals surface area contributed by atoms with E-state index in [0.717, 1.165) is 0 Å². The molecule has 0 atom stereocenters. The number of hydrogen-bond acceptors (Lipinski definition) is 4. The molecular weight excluding hydrogens is 455 g/mol. The van der Waals surface area contributed by atoms with Gasteiger partial charge in [-0.3, -0.25) is 19.8 Å². The van der Waals surface area contributed by atoms with Gasteiger partial charge in [0.1, 0.15) is 17.1 Å². The fourth-order valence-electron chi connectivity index (χ4n) is 2.95. The average Bonchev–Trinajstić information content (AvgIpc) is 2.74. The minimum atomic E-state index is -0.596. The fraction of sp³-hybridized carbons (Fsp3) is 0. The van der Waals surface area contributed by atoms with Crippen LogP contribution < -0.4 is 15.0 Å². The van der Waals surface area contributed by atoms with E-state index in [0.29, 0.717) is 32.8 Å². The molecule has 2 amide bonds. The first-order valence-electron chi connectivity index (χ1n) is 9.12. The Morgan fingerprint density at radius 1 is 0.903 bits per heavy atom. The van der Waals surface area contributed by atoms with Crippen LogP contribution in [0.5, 0.6) is 11.5 Å². The third kappa shape index (κ3) is 4.61. The van der Waals surface area contributed by atoms with Crippen LogP contribution in [0, 0.1) is 0 Å². The molecule has 1 heterocycles. The van der Waals surface area contributed by atoms with E-state index in [1.54, 1.807) is 36.4 Å². The van der Waals surface area contributed by atoms with Crippen LogP contribution in [0.3, 0.4) is 0 Å². The van der Waals surface area contributed by atoms with Crippen LogP contribution in [0.25, 0.3) is 6.08 Å². The summed E-state index contributed by atoms with van der Waals surface area (Å²) in [6, 6.07) is 20.9. The van der Waals surface area contributed by atoms with Crippen molar-refractivity contribution in [2.24, 2.45) is 0 Å². The number of carbonyl (C=O) groups excluding carboxylic acids is 2. The van der Waals surface area contributed by atoms with Gasteiger partial charge in [-0.25, -0.2) is 0 Å². The first-order valence-corrected chi connectivity index (χ1v) is 10.3. The standard InChI is InChI=1S/C23H14Cl2N2O3S/c24-15-7-6-14(20(25)13-15)12-19-21(28)26-23(31)27(22(19)29)16-8-10-18(11-9-16)30-17-4-2-1-3-5-17/h1-13H,(H,26,28,31). The number of carbonyl (C=O) groups is 2. The molecule has 8 heteroatoms. The van der Waals surface area contributed by atoms with Gasteiger partial charge in [0.15, 0.2) is 5.11 Å². The summed E-state index contributed by atoms with van der Waals surface area (Å²) in [5.74, 6) is 0.132. The van der Waals surface area contributed by atoms with E-state index in [-0.39, 0.29) is 10.7 Å². The number of anilines is 1. The molecule has 4 rings (SSSR count). The minimum absolute atomic E-state index is 0.00826. The van der Waals surface area contributed by atoms with Crippen LogP contribution in [0.1, 0.15) is 5.56 Å². The molecule has 154 valence electrons. The van der Waals surface area contributed by atoms with Crippen molar-refractivity contribution in [2.75, 3.05) is 4.90 Å². The predicted molar refractivity (Wildman–Crippen MR) is 126 cm³/mol. The number of para-hydroxylation sites is 1. The van der Waals surface area contributed by atoms with Gasteiger partial charge in [-0.05, 0) is 72.4 Å². The Morgan fingerprint density at radius 3 is 2.26 bits per heavy atom. The maximum atomic E-state index is 13.1. The van der Waals surface area contributed by atoms with Crippen LogP contribution in [0.4, 0.5) is 5.69 Å². The summed E-state index contributed by atoms with van der Waals surface area (Å²) in [4.78, 5) is 26.8. The molecule has 5 nitrogen and oxygen atoms in total. The molecule has 1 aliphatic rings. The Labute approximate surface area is 193 Å². The number of benzene rings is 3. The van der Waals surface area contributed by atoms with E-state index in [4.69, 9.17) is 40.2 Å². The maximum absolute atomic E-state index is 13.1. The highest BCUT2D eigenvalue weighted by Gasteiger charge is 2.34. The molecular formula is C23H14Cl2N2O3S. The van der Waals surface area contributed by atoms with Gasteiger partial charge in [-0.2, -0.15) is 0 Å². The van der Waals surface area contributed by atoms with Crippen LogP contribution in [0.2, 0.25) is 10.0 Å². The van der Waals surface area contributed by atoms with Gasteiger partial charge in [0.25, 0.3) is 11.8 Å². The van der Waals surface area contributed by atoms with Crippen LogP contribution in [-0.4, -0.2) is 16.9 Å². The van der Waals surface area contributed by atoms with Crippen molar-refractivity contribution < 1.29 is 14.3 Å². The molecule has 1 saturated heterocycles. The molecule has 0 unspecified atom stereocenters. The fourth-order valence-corrected chi connectivity index (χ4v) is 3.70. The number of nitrogens with zero attached hydrogens (tertiary/aromatic N) is 1. The lowest BCUT2D eigenvalue weighted by atomic mass is 10.1. The largest absolute Gasteiger partial charge is 0.457 e. The number of hydrogen-bond donors (Lipinski definition) is 1. The van der Waals surface area contributed by atoms with Gasteiger partial charge >= 0.3 is 0 Å². The molecule has 0 aliphatic carbocycles. The molecule has 0 radical (unpaired) electrons. The molecule has 0 saturated carbocycles. The zero-order valence-corrected chi connectivity index (χ0v) is 18.2. The predicted octanol–water partition coefficient (Wildman–Crippen LogP) is 5.62. The summed E-state index contributed by atoms with van der Waals surface area (Å²) in [5.41, 5.74) is 0.884. The molecule has 0 spiro atoms. The van der Waals surface area contributed by atoms with E-state index in [2.05, 4.69) is 5.32 Å². The van der Waals surface area contributed by atoms with Crippen molar-refractivity contribution in [3.63, 3.8) is 0 Å². The van der Waals surface area contributed by atoms with Gasteiger partial charge in [-0.15, -0.1) is 0 Å². The van der Waals surface area contributed by atoms with Crippen molar-refractivity contribution in [3.8, 4) is 11.5 Å². The number of nitrogens with one attached hydrogen (secondary N) is 1. The summed E-state index contributed by atoms with van der Waals surface area (Å²) in [5, 5.41) is 3.31. The second kappa shape index (κ2) is 8.89. The van der Waals surface area contributed by atoms with Crippen molar-refractivity contribution in [3.05, 3.63) is 94.0 Å². The van der Waals surface area contributed by atoms with E-state index < -0.39 is 11.8 Å². The first-order chi connectivity index (χ1) is 14.9. The molecule has 31 heavy (non-hydrogen) atoms. The molecule has 1 fully saturated rings. The Balaban J connectivity index is 1.62. The third-order valence-electron chi connectivity index (χ3n) is 4.44. The Morgan fingerprint density at radius 2 is 1.58 bits per heavy atom. The highest BCUT2D eigenvalue weighted by molar-refractivity contribution is 7.80. The second-order valence-electron chi connectivity index (χ2n) is 6.53. The second-order valence-corrected chi connectivity index (χ2v) is 7.76. The lowest BCUT2D eigenvalue weighted by Gasteiger charge is -2.29. The Kier molecular flexibility index (Phi) is 6.04. The van der Waals surface area contributed by atoms with Crippen molar-refractivity contribution in [1.82, 2.24) is 5.32 Å². The summed E-state index contributed by atoms with van der Waals surface area (Å²) >= 11 is 17.3. The third-order valence-corrected chi connectivity index (χ3v) is 5.28. The molecule has 1 aliphatic heterocycles. The molecule has 3 aromatic carbocycles. The van der Waals surface area contributed by atoms with Crippen molar-refractivity contribution in [2.45, 2.75) is 0 Å². The van der Waals surface area contributed by atoms with Gasteiger partial charge in [0, 0.05) is 10.0 Å². The summed E-state index contributed by atoms with van der Waals surface area (Å²) in [7, 11) is 0. The van der Waals surface area contributed by atoms with Gasteiger partial charge in [0.2, 0.25) is 0 Å². The van der Waals surface area contributed by atoms with Crippen LogP contribution in [-0.2, 0) is 9.59 Å². The summed E-state index contributed by atoms with van der Waals surface area (Å²) in [6.07, 6.45) is 1.41. The highest BCUT2D eigenvalue weighted by Crippen LogP contribution is 2.28. The summed E-state index contributed by atoms with van der Waals surface area (Å²) < 4.78 is 5.77. The van der Waals surface area contributed by atoms with Crippen molar-refractivity contribution >= 4 is 64.1 Å². The summed E-state index contributed by atoms with van der Waals surface area (Å²) in [6.45, 7) is 0. The topological polar surface area (TPSA) is 58.6 Å². The Bertz CT molecular complexity index is 1210. The lowest BCUT2D eigenvalue weighted by molar-refractivity contribution is -0.122. The molecule has 3 aromatic rings. The number of rotatable bonds is 4. The molecule has 1 N–H and O–H groups in total. The van der Waals surface area contributed by atoms with E-state index in [1.165, 1.54) is 17.0 Å². The number of ether oxygens (including phenoxy) is 1. The zero-order valence-electron chi connectivity index (χ0n) is 15.8. The number of amides is 2. The monoisotopic (exact) mass is 468 g/mol. The average molecular weight is 469 g/mol. The van der Waals surface area contributed by atoms with E-state index >= 15 is 0 Å². The van der Waals surface area contributed by atoms with E-state index in [1.807, 2.05) is 30.3 Å². The minimum Gasteiger partial charge on any atom is -0.457 e. The van der Waals surface area contributed by atoms with Gasteiger partial charge < -0.3 is 4.74 Å². The normalized spacial score (nSPS) is 15.2. The number of thiocarbonyl (C=S) groups is 1. The van der Waals surface area contributed by atoms with Gasteiger partial charge in [-0.1, -0.05) is 47.5 Å². The first kappa shape index (κ1) is 21.1. The smallest absolute Gasteiger partial charge is 0.270 e. The highest BCUT2D eigenvalue weighted by atomic mass is 35.5. The zero-order chi connectivity index (χ0) is 22.0. The van der Waals surface area contributed by atoms with Crippen LogP contribution in [0.15, 0.2) is 78.4 Å². The molecule has 0 aromatic heterocycles. The molecule has 0 bridgehead atoms. The van der Waals surface area contributed by atoms with Crippen LogP contribution >= 0.6 is 35.4 Å². The van der Waals surface area contributed by atoms with Gasteiger partial charge in [0.05, 0.1) is 5.69 Å². The maximum Gasteiger partial charge on any atom is 0.270 e. The lowest BCUT2D eigenvalue weighted by Crippen LogP contribution is -2.54. The Hall–Kier alpha value is -3.19.